The molecule has 4 aromatic rings. The summed E-state index contributed by atoms with van der Waals surface area (Å²) in [6, 6.07) is 12.8. The zero-order valence-electron chi connectivity index (χ0n) is 19.2. The molecule has 0 aliphatic carbocycles. The molecule has 0 bridgehead atoms. The van der Waals surface area contributed by atoms with Crippen LogP contribution in [-0.2, 0) is 4.74 Å². The molecule has 0 saturated carbocycles. The molecule has 1 aliphatic heterocycles. The van der Waals surface area contributed by atoms with E-state index in [0.29, 0.717) is 31.9 Å². The first-order valence-corrected chi connectivity index (χ1v) is 11.4. The number of hydrogen-bond donors (Lipinski definition) is 2. The number of amides is 1. The molecule has 0 spiro atoms. The third-order valence-electron chi connectivity index (χ3n) is 6.19. The molecule has 4 heterocycles. The fourth-order valence-electron chi connectivity index (χ4n) is 4.46. The molecule has 1 aliphatic rings. The highest BCUT2D eigenvalue weighted by atomic mass is 19.1. The van der Waals surface area contributed by atoms with Crippen molar-refractivity contribution in [1.82, 2.24) is 19.7 Å². The van der Waals surface area contributed by atoms with Gasteiger partial charge in [0.05, 0.1) is 48.0 Å². The maximum Gasteiger partial charge on any atom is 0.404 e. The molecule has 182 valence electrons. The summed E-state index contributed by atoms with van der Waals surface area (Å²) in [5.41, 5.74) is 3.88. The van der Waals surface area contributed by atoms with Gasteiger partial charge in [0.25, 0.3) is 0 Å². The van der Waals surface area contributed by atoms with E-state index in [4.69, 9.17) is 19.6 Å². The molecule has 1 aromatic carbocycles. The minimum atomic E-state index is -1.31. The summed E-state index contributed by atoms with van der Waals surface area (Å²) in [6.07, 6.45) is 1.53. The number of rotatable bonds is 7. The summed E-state index contributed by atoms with van der Waals surface area (Å²) in [5.74, 6) is 0.710. The van der Waals surface area contributed by atoms with Crippen molar-refractivity contribution in [3.05, 3.63) is 54.9 Å². The number of pyridine rings is 2. The Labute approximate surface area is 201 Å². The van der Waals surface area contributed by atoms with Gasteiger partial charge >= 0.3 is 6.09 Å². The Morgan fingerprint density at radius 2 is 2.14 bits per heavy atom. The number of para-hydroxylation sites is 1. The SMILES string of the molecule is COCCOc1ccn2c(-c3ccc4cccc(N5CCC(NC(=O)O)C(F)C5)c4n3)cnc2c1. The third-order valence-corrected chi connectivity index (χ3v) is 6.19. The zero-order chi connectivity index (χ0) is 24.4. The van der Waals surface area contributed by atoms with E-state index in [1.165, 1.54) is 0 Å². The molecule has 5 rings (SSSR count). The van der Waals surface area contributed by atoms with Gasteiger partial charge in [-0.2, -0.15) is 0 Å². The number of fused-ring (bicyclic) bond motifs is 2. The van der Waals surface area contributed by atoms with Gasteiger partial charge in [0.2, 0.25) is 0 Å². The summed E-state index contributed by atoms with van der Waals surface area (Å²) in [6.45, 7) is 1.58. The number of halogens is 1. The molecule has 10 heteroatoms. The molecule has 2 N–H and O–H groups in total. The Balaban J connectivity index is 1.45. The van der Waals surface area contributed by atoms with Crippen LogP contribution in [0, 0.1) is 0 Å². The lowest BCUT2D eigenvalue weighted by molar-refractivity contribution is 0.146. The summed E-state index contributed by atoms with van der Waals surface area (Å²) in [5, 5.41) is 12.2. The predicted molar refractivity (Wildman–Crippen MR) is 130 cm³/mol. The van der Waals surface area contributed by atoms with Gasteiger partial charge in [-0.25, -0.2) is 19.2 Å². The van der Waals surface area contributed by atoms with Gasteiger partial charge in [-0.15, -0.1) is 0 Å². The number of methoxy groups -OCH3 is 1. The van der Waals surface area contributed by atoms with E-state index < -0.39 is 18.3 Å². The quantitative estimate of drug-likeness (QED) is 0.389. The Hall–Kier alpha value is -3.92. The normalized spacial score (nSPS) is 18.2. The second kappa shape index (κ2) is 9.75. The maximum atomic E-state index is 14.7. The number of anilines is 1. The molecule has 2 unspecified atom stereocenters. The molecule has 0 radical (unpaired) electrons. The monoisotopic (exact) mass is 479 g/mol. The number of aromatic nitrogens is 3. The van der Waals surface area contributed by atoms with Crippen molar-refractivity contribution in [2.75, 3.05) is 38.3 Å². The first-order chi connectivity index (χ1) is 17.0. The third kappa shape index (κ3) is 4.69. The fourth-order valence-corrected chi connectivity index (χ4v) is 4.46. The standard InChI is InChI=1S/C25H26FN5O4/c1-34-11-12-35-17-7-10-31-22(14-27-23(31)13-17)20-6-5-16-3-2-4-21(24(16)28-20)30-9-8-19(18(26)15-30)29-25(32)33/h2-7,10,13-14,18-19,29H,8-9,11-12,15H2,1H3,(H,32,33). The lowest BCUT2D eigenvalue weighted by atomic mass is 10.0. The number of alkyl halides is 1. The highest BCUT2D eigenvalue weighted by molar-refractivity contribution is 5.92. The van der Waals surface area contributed by atoms with Crippen molar-refractivity contribution >= 4 is 28.3 Å². The van der Waals surface area contributed by atoms with Crippen LogP contribution in [0.1, 0.15) is 6.42 Å². The molecule has 35 heavy (non-hydrogen) atoms. The topological polar surface area (TPSA) is 101 Å². The van der Waals surface area contributed by atoms with Crippen LogP contribution in [0.3, 0.4) is 0 Å². The number of piperidine rings is 1. The summed E-state index contributed by atoms with van der Waals surface area (Å²) in [7, 11) is 1.63. The molecule has 3 aromatic heterocycles. The Bertz CT molecular complexity index is 1360. The van der Waals surface area contributed by atoms with E-state index in [0.717, 1.165) is 33.6 Å². The number of carbonyl (C=O) groups is 1. The average molecular weight is 480 g/mol. The van der Waals surface area contributed by atoms with E-state index in [1.54, 1.807) is 13.3 Å². The van der Waals surface area contributed by atoms with Crippen LogP contribution in [0.5, 0.6) is 5.75 Å². The van der Waals surface area contributed by atoms with Crippen molar-refractivity contribution in [1.29, 1.82) is 0 Å². The number of ether oxygens (including phenoxy) is 2. The van der Waals surface area contributed by atoms with E-state index >= 15 is 0 Å². The van der Waals surface area contributed by atoms with Crippen LogP contribution in [0.2, 0.25) is 0 Å². The Morgan fingerprint density at radius 1 is 1.26 bits per heavy atom. The number of carboxylic acid groups (broad SMARTS) is 1. The smallest absolute Gasteiger partial charge is 0.404 e. The summed E-state index contributed by atoms with van der Waals surface area (Å²) in [4.78, 5) is 22.3. The number of nitrogens with zero attached hydrogens (tertiary/aromatic N) is 4. The van der Waals surface area contributed by atoms with E-state index in [2.05, 4.69) is 10.3 Å². The van der Waals surface area contributed by atoms with Crippen molar-refractivity contribution in [3.8, 4) is 17.1 Å². The van der Waals surface area contributed by atoms with Crippen molar-refractivity contribution in [2.24, 2.45) is 0 Å². The van der Waals surface area contributed by atoms with Crippen LogP contribution < -0.4 is 15.0 Å². The van der Waals surface area contributed by atoms with Crippen molar-refractivity contribution in [3.63, 3.8) is 0 Å². The van der Waals surface area contributed by atoms with Crippen LogP contribution in [0.25, 0.3) is 27.9 Å². The highest BCUT2D eigenvalue weighted by Gasteiger charge is 2.31. The molecule has 1 saturated heterocycles. The number of nitrogens with one attached hydrogen (secondary N) is 1. The van der Waals surface area contributed by atoms with Crippen LogP contribution in [0.15, 0.2) is 54.9 Å². The second-order valence-electron chi connectivity index (χ2n) is 8.43. The molecular weight excluding hydrogens is 453 g/mol. The van der Waals surface area contributed by atoms with Gasteiger partial charge in [0, 0.05) is 31.3 Å². The van der Waals surface area contributed by atoms with Gasteiger partial charge in [-0.3, -0.25) is 4.40 Å². The molecule has 1 amide bonds. The van der Waals surface area contributed by atoms with Crippen molar-refractivity contribution in [2.45, 2.75) is 18.6 Å². The fraction of sp³-hybridized carbons (Fsp3) is 0.320. The Morgan fingerprint density at radius 3 is 2.94 bits per heavy atom. The molecule has 2 atom stereocenters. The molecule has 9 nitrogen and oxygen atoms in total. The van der Waals surface area contributed by atoms with Gasteiger partial charge in [-0.05, 0) is 24.6 Å². The lowest BCUT2D eigenvalue weighted by Gasteiger charge is -2.36. The van der Waals surface area contributed by atoms with Gasteiger partial charge in [0.15, 0.2) is 0 Å². The molecular formula is C25H26FN5O4. The van der Waals surface area contributed by atoms with E-state index in [1.807, 2.05) is 58.0 Å². The summed E-state index contributed by atoms with van der Waals surface area (Å²) >= 11 is 0. The van der Waals surface area contributed by atoms with Gasteiger partial charge in [-0.1, -0.05) is 18.2 Å². The average Bonchev–Trinajstić information content (AvgIpc) is 3.28. The number of imidazole rings is 1. The Kier molecular flexibility index (Phi) is 6.37. The zero-order valence-corrected chi connectivity index (χ0v) is 19.2. The first-order valence-electron chi connectivity index (χ1n) is 11.4. The van der Waals surface area contributed by atoms with Gasteiger partial charge < -0.3 is 24.8 Å². The summed E-state index contributed by atoms with van der Waals surface area (Å²) < 4.78 is 27.4. The predicted octanol–water partition coefficient (Wildman–Crippen LogP) is 3.76. The second-order valence-corrected chi connectivity index (χ2v) is 8.43. The molecule has 1 fully saturated rings. The largest absolute Gasteiger partial charge is 0.491 e. The highest BCUT2D eigenvalue weighted by Crippen LogP contribution is 2.31. The maximum absolute atomic E-state index is 14.7. The minimum Gasteiger partial charge on any atom is -0.491 e. The first kappa shape index (κ1) is 22.9. The minimum absolute atomic E-state index is 0.0947. The number of hydrogen-bond acceptors (Lipinski definition) is 6. The van der Waals surface area contributed by atoms with Gasteiger partial charge in [0.1, 0.15) is 24.2 Å². The van der Waals surface area contributed by atoms with E-state index in [-0.39, 0.29) is 6.54 Å². The van der Waals surface area contributed by atoms with Crippen LogP contribution in [-0.4, -0.2) is 71.2 Å². The van der Waals surface area contributed by atoms with Crippen LogP contribution in [0.4, 0.5) is 14.9 Å². The van der Waals surface area contributed by atoms with E-state index in [9.17, 15) is 9.18 Å². The van der Waals surface area contributed by atoms with Crippen LogP contribution >= 0.6 is 0 Å². The lowest BCUT2D eigenvalue weighted by Crippen LogP contribution is -2.52. The van der Waals surface area contributed by atoms with Crippen molar-refractivity contribution < 1.29 is 23.8 Å². The number of benzene rings is 1.